The van der Waals surface area contributed by atoms with Gasteiger partial charge in [0.15, 0.2) is 5.69 Å². The lowest BCUT2D eigenvalue weighted by Gasteiger charge is -2.26. The van der Waals surface area contributed by atoms with Gasteiger partial charge < -0.3 is 9.47 Å². The molecule has 0 N–H and O–H groups in total. The molecule has 0 bridgehead atoms. The van der Waals surface area contributed by atoms with Crippen LogP contribution in [0.25, 0.3) is 16.9 Å². The van der Waals surface area contributed by atoms with E-state index in [1.165, 1.54) is 18.9 Å². The molecule has 4 rings (SSSR count). The van der Waals surface area contributed by atoms with Crippen LogP contribution in [0.1, 0.15) is 26.4 Å². The van der Waals surface area contributed by atoms with Gasteiger partial charge in [-0.2, -0.15) is 16.9 Å². The minimum absolute atomic E-state index is 0.0407. The summed E-state index contributed by atoms with van der Waals surface area (Å²) < 4.78 is 11.5. The first-order valence-corrected chi connectivity index (χ1v) is 11.5. The van der Waals surface area contributed by atoms with E-state index < -0.39 is 11.9 Å². The fourth-order valence-electron chi connectivity index (χ4n) is 3.79. The van der Waals surface area contributed by atoms with Gasteiger partial charge in [-0.3, -0.25) is 4.90 Å². The fraction of sp³-hybridized carbons (Fsp3) is 0.292. The molecule has 1 fully saturated rings. The Balaban J connectivity index is 1.83. The van der Waals surface area contributed by atoms with Crippen LogP contribution in [0, 0.1) is 0 Å². The van der Waals surface area contributed by atoms with Gasteiger partial charge in [0.25, 0.3) is 0 Å². The number of benzene rings is 2. The molecule has 1 saturated heterocycles. The first kappa shape index (κ1) is 22.1. The number of thioether (sulfide) groups is 1. The molecule has 0 amide bonds. The van der Waals surface area contributed by atoms with Crippen molar-refractivity contribution in [2.24, 2.45) is 0 Å². The molecule has 8 heteroatoms. The number of carbonyl (C=O) groups excluding carboxylic acids is 2. The van der Waals surface area contributed by atoms with E-state index in [1.54, 1.807) is 0 Å². The number of hydrogen-bond donors (Lipinski definition) is 0. The first-order chi connectivity index (χ1) is 15.6. The highest BCUT2D eigenvalue weighted by Gasteiger charge is 2.31. The van der Waals surface area contributed by atoms with Gasteiger partial charge in [-0.1, -0.05) is 36.4 Å². The quantitative estimate of drug-likeness (QED) is 0.530. The number of para-hydroxylation sites is 1. The highest BCUT2D eigenvalue weighted by Crippen LogP contribution is 2.30. The third-order valence-electron chi connectivity index (χ3n) is 5.36. The van der Waals surface area contributed by atoms with Crippen LogP contribution in [0.3, 0.4) is 0 Å². The van der Waals surface area contributed by atoms with Crippen molar-refractivity contribution in [2.45, 2.75) is 6.54 Å². The van der Waals surface area contributed by atoms with Gasteiger partial charge >= 0.3 is 11.9 Å². The zero-order valence-electron chi connectivity index (χ0n) is 18.1. The van der Waals surface area contributed by atoms with Crippen LogP contribution in [0.4, 0.5) is 0 Å². The van der Waals surface area contributed by atoms with Crippen molar-refractivity contribution < 1.29 is 19.1 Å². The van der Waals surface area contributed by atoms with Crippen LogP contribution < -0.4 is 0 Å². The van der Waals surface area contributed by atoms with Crippen LogP contribution in [-0.4, -0.2) is 65.4 Å². The minimum atomic E-state index is -0.657. The Labute approximate surface area is 191 Å². The predicted molar refractivity (Wildman–Crippen MR) is 124 cm³/mol. The van der Waals surface area contributed by atoms with Crippen molar-refractivity contribution >= 4 is 23.7 Å². The minimum Gasteiger partial charge on any atom is -0.465 e. The molecule has 0 atom stereocenters. The Kier molecular flexibility index (Phi) is 6.92. The Hall–Kier alpha value is -3.10. The maximum Gasteiger partial charge on any atom is 0.357 e. The fourth-order valence-corrected chi connectivity index (χ4v) is 4.77. The maximum absolute atomic E-state index is 12.8. The van der Waals surface area contributed by atoms with E-state index in [4.69, 9.17) is 9.47 Å². The summed E-state index contributed by atoms with van der Waals surface area (Å²) in [5, 5.41) is 4.67. The van der Waals surface area contributed by atoms with Crippen molar-refractivity contribution in [3.63, 3.8) is 0 Å². The lowest BCUT2D eigenvalue weighted by molar-refractivity contribution is 0.0549. The maximum atomic E-state index is 12.8. The molecule has 0 spiro atoms. The first-order valence-electron chi connectivity index (χ1n) is 10.4. The molecule has 0 saturated carbocycles. The molecule has 0 radical (unpaired) electrons. The van der Waals surface area contributed by atoms with E-state index in [2.05, 4.69) is 16.1 Å². The van der Waals surface area contributed by atoms with Crippen molar-refractivity contribution in [3.8, 4) is 16.9 Å². The largest absolute Gasteiger partial charge is 0.465 e. The molecule has 32 heavy (non-hydrogen) atoms. The third kappa shape index (κ3) is 4.56. The average Bonchev–Trinajstić information content (AvgIpc) is 3.25. The highest BCUT2D eigenvalue weighted by atomic mass is 32.2. The molecule has 2 aromatic carbocycles. The van der Waals surface area contributed by atoms with E-state index in [0.717, 1.165) is 42.3 Å². The van der Waals surface area contributed by atoms with Gasteiger partial charge in [-0.25, -0.2) is 14.3 Å². The molecular weight excluding hydrogens is 426 g/mol. The Bertz CT molecular complexity index is 1110. The molecule has 1 aliphatic rings. The van der Waals surface area contributed by atoms with E-state index in [1.807, 2.05) is 60.3 Å². The second-order valence-electron chi connectivity index (χ2n) is 7.39. The number of esters is 2. The van der Waals surface area contributed by atoms with Gasteiger partial charge in [0.2, 0.25) is 0 Å². The molecular formula is C24H25N3O4S. The average molecular weight is 452 g/mol. The predicted octanol–water partition coefficient (Wildman–Crippen LogP) is 3.66. The van der Waals surface area contributed by atoms with Crippen LogP contribution >= 0.6 is 11.8 Å². The van der Waals surface area contributed by atoms with Crippen LogP contribution in [0.2, 0.25) is 0 Å². The summed E-state index contributed by atoms with van der Waals surface area (Å²) in [6, 6.07) is 17.1. The lowest BCUT2D eigenvalue weighted by Crippen LogP contribution is -2.31. The summed E-state index contributed by atoms with van der Waals surface area (Å²) >= 11 is 1.97. The van der Waals surface area contributed by atoms with Gasteiger partial charge in [0.1, 0.15) is 11.3 Å². The summed E-state index contributed by atoms with van der Waals surface area (Å²) in [7, 11) is 2.57. The van der Waals surface area contributed by atoms with E-state index in [0.29, 0.717) is 11.4 Å². The Morgan fingerprint density at radius 3 is 2.38 bits per heavy atom. The molecule has 7 nitrogen and oxygen atoms in total. The molecule has 166 valence electrons. The third-order valence-corrected chi connectivity index (χ3v) is 6.31. The van der Waals surface area contributed by atoms with Gasteiger partial charge in [-0.15, -0.1) is 0 Å². The number of aromatic nitrogens is 2. The summed E-state index contributed by atoms with van der Waals surface area (Å²) in [4.78, 5) is 27.9. The van der Waals surface area contributed by atoms with Crippen molar-refractivity contribution in [2.75, 3.05) is 38.8 Å². The number of methoxy groups -OCH3 is 2. The van der Waals surface area contributed by atoms with Crippen LogP contribution in [0.15, 0.2) is 54.6 Å². The zero-order valence-corrected chi connectivity index (χ0v) is 18.9. The number of carbonyl (C=O) groups is 2. The lowest BCUT2D eigenvalue weighted by atomic mass is 10.0. The van der Waals surface area contributed by atoms with E-state index in [9.17, 15) is 9.59 Å². The Morgan fingerprint density at radius 2 is 1.69 bits per heavy atom. The SMILES string of the molecule is COC(=O)c1c(-c2cccc(CN3CCSCC3)c2)nn(-c2ccccc2)c1C(=O)OC. The standard InChI is InChI=1S/C24H25N3O4S/c1-30-23(28)20-21(18-8-6-7-17(15-18)16-26-11-13-32-14-12-26)25-27(22(20)24(29)31-2)19-9-4-3-5-10-19/h3-10,15H,11-14,16H2,1-2H3. The summed E-state index contributed by atoms with van der Waals surface area (Å²) in [6.45, 7) is 2.93. The number of nitrogens with zero attached hydrogens (tertiary/aromatic N) is 3. The van der Waals surface area contributed by atoms with Crippen LogP contribution in [0.5, 0.6) is 0 Å². The highest BCUT2D eigenvalue weighted by molar-refractivity contribution is 7.99. The second-order valence-corrected chi connectivity index (χ2v) is 8.62. The summed E-state index contributed by atoms with van der Waals surface area (Å²) in [5.74, 6) is 0.975. The van der Waals surface area contributed by atoms with E-state index in [-0.39, 0.29) is 11.3 Å². The normalized spacial score (nSPS) is 14.2. The molecule has 0 aliphatic carbocycles. The molecule has 3 aromatic rings. The number of hydrogen-bond acceptors (Lipinski definition) is 7. The molecule has 1 aromatic heterocycles. The summed E-state index contributed by atoms with van der Waals surface area (Å²) in [6.07, 6.45) is 0. The molecule has 1 aliphatic heterocycles. The summed E-state index contributed by atoms with van der Waals surface area (Å²) in [5.41, 5.74) is 3.03. The number of rotatable bonds is 6. The van der Waals surface area contributed by atoms with Gasteiger partial charge in [-0.05, 0) is 23.8 Å². The van der Waals surface area contributed by atoms with Gasteiger partial charge in [0, 0.05) is 36.7 Å². The smallest absolute Gasteiger partial charge is 0.357 e. The molecule has 2 heterocycles. The van der Waals surface area contributed by atoms with Gasteiger partial charge in [0.05, 0.1) is 19.9 Å². The van der Waals surface area contributed by atoms with Crippen molar-refractivity contribution in [1.82, 2.24) is 14.7 Å². The zero-order chi connectivity index (χ0) is 22.5. The molecule has 0 unspecified atom stereocenters. The van der Waals surface area contributed by atoms with Crippen molar-refractivity contribution in [1.29, 1.82) is 0 Å². The Morgan fingerprint density at radius 1 is 0.969 bits per heavy atom. The topological polar surface area (TPSA) is 73.7 Å². The van der Waals surface area contributed by atoms with Crippen LogP contribution in [-0.2, 0) is 16.0 Å². The second kappa shape index (κ2) is 10.0. The monoisotopic (exact) mass is 451 g/mol. The number of ether oxygens (including phenoxy) is 2. The van der Waals surface area contributed by atoms with E-state index >= 15 is 0 Å². The van der Waals surface area contributed by atoms with Crippen molar-refractivity contribution in [3.05, 3.63) is 71.4 Å².